The van der Waals surface area contributed by atoms with Crippen LogP contribution < -0.4 is 10.6 Å². The summed E-state index contributed by atoms with van der Waals surface area (Å²) in [6, 6.07) is 2.05. The van der Waals surface area contributed by atoms with E-state index in [9.17, 15) is 0 Å². The molecule has 2 N–H and O–H groups in total. The van der Waals surface area contributed by atoms with E-state index in [1.54, 1.807) is 0 Å². The number of hydrogen-bond acceptors (Lipinski definition) is 5. The molecule has 0 amide bonds. The Morgan fingerprint density at radius 3 is 2.45 bits per heavy atom. The maximum Gasteiger partial charge on any atom is 0.136 e. The Kier molecular flexibility index (Phi) is 4.65. The van der Waals surface area contributed by atoms with Gasteiger partial charge in [-0.3, -0.25) is 0 Å². The van der Waals surface area contributed by atoms with Crippen LogP contribution in [0.4, 0.5) is 11.6 Å². The van der Waals surface area contributed by atoms with Gasteiger partial charge in [-0.05, 0) is 50.0 Å². The van der Waals surface area contributed by atoms with Crippen molar-refractivity contribution in [3.63, 3.8) is 0 Å². The molecule has 4 nitrogen and oxygen atoms in total. The molecule has 0 radical (unpaired) electrons. The molecule has 20 heavy (non-hydrogen) atoms. The minimum Gasteiger partial charge on any atom is -0.370 e. The summed E-state index contributed by atoms with van der Waals surface area (Å²) >= 11 is 2.08. The van der Waals surface area contributed by atoms with Crippen LogP contribution in [0.25, 0.3) is 0 Å². The van der Waals surface area contributed by atoms with Crippen LogP contribution in [0.1, 0.15) is 44.3 Å². The molecule has 0 spiro atoms. The molecule has 1 aliphatic heterocycles. The van der Waals surface area contributed by atoms with E-state index in [0.717, 1.165) is 36.5 Å². The molecular formula is C15H24N4S. The Hall–Kier alpha value is -0.970. The predicted octanol–water partition coefficient (Wildman–Crippen LogP) is 3.34. The minimum atomic E-state index is 0.597. The van der Waals surface area contributed by atoms with Crippen LogP contribution in [-0.4, -0.2) is 34.6 Å². The van der Waals surface area contributed by atoms with Gasteiger partial charge in [0.25, 0.3) is 0 Å². The lowest BCUT2D eigenvalue weighted by molar-refractivity contribution is 0.515. The van der Waals surface area contributed by atoms with Crippen molar-refractivity contribution in [2.24, 2.45) is 5.92 Å². The van der Waals surface area contributed by atoms with E-state index in [1.807, 2.05) is 6.07 Å². The van der Waals surface area contributed by atoms with Gasteiger partial charge in [-0.1, -0.05) is 0 Å². The summed E-state index contributed by atoms with van der Waals surface area (Å²) < 4.78 is 0. The van der Waals surface area contributed by atoms with Gasteiger partial charge < -0.3 is 10.6 Å². The average Bonchev–Trinajstić information content (AvgIpc) is 3.31. The first-order chi connectivity index (χ1) is 9.85. The number of nitrogens with zero attached hydrogens (tertiary/aromatic N) is 2. The third-order valence-corrected chi connectivity index (χ3v) is 5.01. The fourth-order valence-electron chi connectivity index (χ4n) is 2.55. The maximum atomic E-state index is 4.69. The lowest BCUT2D eigenvalue weighted by Gasteiger charge is -2.22. The Labute approximate surface area is 125 Å². The van der Waals surface area contributed by atoms with Gasteiger partial charge in [0.1, 0.15) is 17.5 Å². The highest BCUT2D eigenvalue weighted by molar-refractivity contribution is 7.99. The van der Waals surface area contributed by atoms with Crippen LogP contribution in [0.2, 0.25) is 0 Å². The number of hydrogen-bond donors (Lipinski definition) is 2. The Balaban J connectivity index is 1.64. The fraction of sp³-hybridized carbons (Fsp3) is 0.733. The van der Waals surface area contributed by atoms with Crippen molar-refractivity contribution in [2.75, 3.05) is 35.2 Å². The number of nitrogens with one attached hydrogen (secondary N) is 2. The molecule has 2 aliphatic rings. The molecule has 0 aromatic carbocycles. The van der Waals surface area contributed by atoms with Crippen molar-refractivity contribution in [1.29, 1.82) is 0 Å². The van der Waals surface area contributed by atoms with E-state index in [2.05, 4.69) is 34.3 Å². The van der Waals surface area contributed by atoms with Crippen LogP contribution in [0.5, 0.6) is 0 Å². The second kappa shape index (κ2) is 6.66. The normalized spacial score (nSPS) is 19.9. The van der Waals surface area contributed by atoms with Crippen LogP contribution in [0.15, 0.2) is 6.07 Å². The average molecular weight is 292 g/mol. The zero-order valence-electron chi connectivity index (χ0n) is 12.2. The van der Waals surface area contributed by atoms with Gasteiger partial charge in [-0.25, -0.2) is 9.97 Å². The molecule has 1 aromatic heterocycles. The molecule has 0 bridgehead atoms. The summed E-state index contributed by atoms with van der Waals surface area (Å²) in [5.74, 6) is 7.00. The third kappa shape index (κ3) is 3.78. The highest BCUT2D eigenvalue weighted by atomic mass is 32.2. The zero-order valence-corrected chi connectivity index (χ0v) is 13.0. The number of thioether (sulfide) groups is 1. The maximum absolute atomic E-state index is 4.69. The number of anilines is 2. The Bertz CT molecular complexity index is 441. The lowest BCUT2D eigenvalue weighted by atomic mass is 10.0. The van der Waals surface area contributed by atoms with Gasteiger partial charge in [-0.2, -0.15) is 11.8 Å². The molecule has 1 saturated carbocycles. The summed E-state index contributed by atoms with van der Waals surface area (Å²) in [4.78, 5) is 9.31. The highest BCUT2D eigenvalue weighted by Crippen LogP contribution is 2.38. The van der Waals surface area contributed by atoms with Gasteiger partial charge in [0, 0.05) is 25.1 Å². The molecule has 110 valence electrons. The molecule has 2 fully saturated rings. The Morgan fingerprint density at radius 1 is 1.10 bits per heavy atom. The molecule has 2 heterocycles. The smallest absolute Gasteiger partial charge is 0.136 e. The molecule has 3 rings (SSSR count). The largest absolute Gasteiger partial charge is 0.370 e. The topological polar surface area (TPSA) is 49.8 Å². The van der Waals surface area contributed by atoms with Gasteiger partial charge in [0.15, 0.2) is 0 Å². The van der Waals surface area contributed by atoms with E-state index >= 15 is 0 Å². The summed E-state index contributed by atoms with van der Waals surface area (Å²) in [6.45, 7) is 4.05. The van der Waals surface area contributed by atoms with Gasteiger partial charge in [0.05, 0.1) is 0 Å². The van der Waals surface area contributed by atoms with Crippen molar-refractivity contribution in [1.82, 2.24) is 9.97 Å². The monoisotopic (exact) mass is 292 g/mol. The van der Waals surface area contributed by atoms with Gasteiger partial charge >= 0.3 is 0 Å². The third-order valence-electron chi connectivity index (χ3n) is 3.96. The molecule has 1 aromatic rings. The summed E-state index contributed by atoms with van der Waals surface area (Å²) in [5.41, 5.74) is 0. The molecule has 1 aliphatic carbocycles. The van der Waals surface area contributed by atoms with E-state index in [0.29, 0.717) is 5.92 Å². The van der Waals surface area contributed by atoms with Crippen molar-refractivity contribution in [2.45, 2.75) is 38.5 Å². The Morgan fingerprint density at radius 2 is 1.80 bits per heavy atom. The predicted molar refractivity (Wildman–Crippen MR) is 86.7 cm³/mol. The van der Waals surface area contributed by atoms with E-state index in [4.69, 9.17) is 4.98 Å². The number of rotatable bonds is 6. The lowest BCUT2D eigenvalue weighted by Crippen LogP contribution is -2.20. The van der Waals surface area contributed by atoms with Crippen LogP contribution in [-0.2, 0) is 0 Å². The first-order valence-electron chi connectivity index (χ1n) is 7.79. The van der Waals surface area contributed by atoms with E-state index in [-0.39, 0.29) is 0 Å². The number of aromatic nitrogens is 2. The highest BCUT2D eigenvalue weighted by Gasteiger charge is 2.27. The second-order valence-electron chi connectivity index (χ2n) is 5.74. The summed E-state index contributed by atoms with van der Waals surface area (Å²) in [5, 5.41) is 6.85. The van der Waals surface area contributed by atoms with Crippen molar-refractivity contribution >= 4 is 23.4 Å². The van der Waals surface area contributed by atoms with E-state index in [1.165, 1.54) is 37.2 Å². The van der Waals surface area contributed by atoms with Crippen LogP contribution >= 0.6 is 11.8 Å². The van der Waals surface area contributed by atoms with E-state index < -0.39 is 0 Å². The fourth-order valence-corrected chi connectivity index (χ4v) is 3.76. The molecule has 5 heteroatoms. The van der Waals surface area contributed by atoms with Crippen molar-refractivity contribution < 1.29 is 0 Å². The van der Waals surface area contributed by atoms with Crippen LogP contribution in [0.3, 0.4) is 0 Å². The van der Waals surface area contributed by atoms with Gasteiger partial charge in [0.2, 0.25) is 0 Å². The summed E-state index contributed by atoms with van der Waals surface area (Å²) in [6.07, 6.45) is 5.15. The first kappa shape index (κ1) is 14.0. The van der Waals surface area contributed by atoms with Crippen molar-refractivity contribution in [3.05, 3.63) is 11.9 Å². The quantitative estimate of drug-likeness (QED) is 0.842. The van der Waals surface area contributed by atoms with Gasteiger partial charge in [-0.15, -0.1) is 0 Å². The SMILES string of the molecule is CCNc1cc(NCC2CCSCC2)nc(C2CC2)n1. The summed E-state index contributed by atoms with van der Waals surface area (Å²) in [7, 11) is 0. The van der Waals surface area contributed by atoms with Crippen molar-refractivity contribution in [3.8, 4) is 0 Å². The second-order valence-corrected chi connectivity index (χ2v) is 6.96. The molecular weight excluding hydrogens is 268 g/mol. The standard InChI is InChI=1S/C15H24N4S/c1-2-16-13-9-14(19-15(18-13)12-3-4-12)17-10-11-5-7-20-8-6-11/h9,11-12H,2-8,10H2,1H3,(H2,16,17,18,19). The zero-order chi connectivity index (χ0) is 13.8. The molecule has 0 atom stereocenters. The molecule has 0 unspecified atom stereocenters. The first-order valence-corrected chi connectivity index (χ1v) is 8.95. The van der Waals surface area contributed by atoms with Crippen LogP contribution in [0, 0.1) is 5.92 Å². The minimum absolute atomic E-state index is 0.597. The molecule has 1 saturated heterocycles.